The van der Waals surface area contributed by atoms with Crippen molar-refractivity contribution in [2.45, 2.75) is 6.04 Å². The minimum atomic E-state index is -0.812. The molecule has 1 aliphatic rings. The first-order valence-electron chi connectivity index (χ1n) is 8.93. The van der Waals surface area contributed by atoms with Crippen LogP contribution < -0.4 is 9.47 Å². The number of methoxy groups -OCH3 is 3. The Balaban J connectivity index is 2.25. The summed E-state index contributed by atoms with van der Waals surface area (Å²) in [4.78, 5) is 31.1. The Labute approximate surface area is 168 Å². The van der Waals surface area contributed by atoms with Crippen molar-refractivity contribution in [3.8, 4) is 11.5 Å². The van der Waals surface area contributed by atoms with Crippen LogP contribution in [0.2, 0.25) is 0 Å². The van der Waals surface area contributed by atoms with Gasteiger partial charge in [-0.15, -0.1) is 0 Å². The van der Waals surface area contributed by atoms with Crippen LogP contribution in [0, 0.1) is 0 Å². The van der Waals surface area contributed by atoms with Crippen molar-refractivity contribution in [1.82, 2.24) is 9.88 Å². The number of hydrogen-bond acceptors (Lipinski definition) is 7. The van der Waals surface area contributed by atoms with Crippen molar-refractivity contribution in [3.63, 3.8) is 0 Å². The van der Waals surface area contributed by atoms with Gasteiger partial charge in [0.2, 0.25) is 0 Å². The Bertz CT molecular complexity index is 919. The maximum atomic E-state index is 12.9. The molecule has 1 aromatic heterocycles. The van der Waals surface area contributed by atoms with E-state index in [1.54, 1.807) is 42.7 Å². The van der Waals surface area contributed by atoms with Gasteiger partial charge in [0.05, 0.1) is 32.4 Å². The normalized spacial score (nSPS) is 18.2. The first kappa shape index (κ1) is 20.3. The van der Waals surface area contributed by atoms with Gasteiger partial charge in [-0.25, -0.2) is 0 Å². The van der Waals surface area contributed by atoms with Crippen molar-refractivity contribution in [1.29, 1.82) is 0 Å². The third-order valence-electron chi connectivity index (χ3n) is 4.74. The van der Waals surface area contributed by atoms with E-state index in [1.807, 2.05) is 0 Å². The lowest BCUT2D eigenvalue weighted by Crippen LogP contribution is -2.32. The molecule has 1 amide bonds. The molecule has 2 heterocycles. The molecule has 1 aromatic carbocycles. The second-order valence-electron chi connectivity index (χ2n) is 6.31. The Morgan fingerprint density at radius 1 is 1.10 bits per heavy atom. The van der Waals surface area contributed by atoms with E-state index in [0.717, 1.165) is 0 Å². The zero-order chi connectivity index (χ0) is 21.0. The molecule has 0 saturated carbocycles. The summed E-state index contributed by atoms with van der Waals surface area (Å²) in [6.45, 7) is 0.419. The summed E-state index contributed by atoms with van der Waals surface area (Å²) in [6, 6.07) is 7.61. The molecule has 152 valence electrons. The van der Waals surface area contributed by atoms with Crippen molar-refractivity contribution >= 4 is 17.4 Å². The first-order valence-corrected chi connectivity index (χ1v) is 8.93. The maximum absolute atomic E-state index is 12.9. The number of likely N-dealkylation sites (tertiary alicyclic amines) is 1. The van der Waals surface area contributed by atoms with E-state index in [2.05, 4.69) is 4.98 Å². The molecular formula is C21H22N2O6. The van der Waals surface area contributed by atoms with Gasteiger partial charge in [-0.3, -0.25) is 14.6 Å². The number of carbonyl (C=O) groups is 2. The zero-order valence-corrected chi connectivity index (χ0v) is 16.4. The predicted molar refractivity (Wildman–Crippen MR) is 105 cm³/mol. The van der Waals surface area contributed by atoms with Crippen LogP contribution in [-0.2, 0) is 14.3 Å². The van der Waals surface area contributed by atoms with Crippen LogP contribution in [0.3, 0.4) is 0 Å². The van der Waals surface area contributed by atoms with Gasteiger partial charge in [-0.1, -0.05) is 12.1 Å². The SMILES string of the molecule is COCCN1C(=O)C(=O)/C(=C(/O)c2c(OC)cccc2OC)C1c1cccnc1. The minimum Gasteiger partial charge on any atom is -0.506 e. The summed E-state index contributed by atoms with van der Waals surface area (Å²) in [5, 5.41) is 11.2. The molecule has 0 bridgehead atoms. The zero-order valence-electron chi connectivity index (χ0n) is 16.4. The van der Waals surface area contributed by atoms with E-state index >= 15 is 0 Å². The number of aliphatic hydroxyl groups is 1. The Morgan fingerprint density at radius 3 is 2.34 bits per heavy atom. The molecule has 0 spiro atoms. The number of amides is 1. The van der Waals surface area contributed by atoms with E-state index in [4.69, 9.17) is 14.2 Å². The monoisotopic (exact) mass is 398 g/mol. The molecule has 1 atom stereocenters. The number of aliphatic hydroxyl groups excluding tert-OH is 1. The number of pyridine rings is 1. The minimum absolute atomic E-state index is 0.0538. The lowest BCUT2D eigenvalue weighted by atomic mass is 9.95. The van der Waals surface area contributed by atoms with E-state index in [9.17, 15) is 14.7 Å². The van der Waals surface area contributed by atoms with Crippen LogP contribution in [-0.4, -0.2) is 61.2 Å². The third-order valence-corrected chi connectivity index (χ3v) is 4.74. The highest BCUT2D eigenvalue weighted by Gasteiger charge is 2.46. The van der Waals surface area contributed by atoms with E-state index in [1.165, 1.54) is 26.2 Å². The molecule has 0 radical (unpaired) electrons. The summed E-state index contributed by atoms with van der Waals surface area (Å²) < 4.78 is 15.8. The lowest BCUT2D eigenvalue weighted by Gasteiger charge is -2.25. The van der Waals surface area contributed by atoms with Gasteiger partial charge >= 0.3 is 0 Å². The molecule has 1 unspecified atom stereocenters. The molecule has 2 aromatic rings. The highest BCUT2D eigenvalue weighted by atomic mass is 16.5. The molecule has 8 heteroatoms. The number of hydrogen-bond donors (Lipinski definition) is 1. The van der Waals surface area contributed by atoms with Crippen LogP contribution in [0.15, 0.2) is 48.3 Å². The number of benzene rings is 1. The van der Waals surface area contributed by atoms with Gasteiger partial charge < -0.3 is 24.2 Å². The third kappa shape index (κ3) is 3.66. The maximum Gasteiger partial charge on any atom is 0.295 e. The molecule has 8 nitrogen and oxygen atoms in total. The highest BCUT2D eigenvalue weighted by Crippen LogP contribution is 2.43. The van der Waals surface area contributed by atoms with Crippen LogP contribution in [0.1, 0.15) is 17.2 Å². The largest absolute Gasteiger partial charge is 0.506 e. The molecular weight excluding hydrogens is 376 g/mol. The Kier molecular flexibility index (Phi) is 6.13. The van der Waals surface area contributed by atoms with Gasteiger partial charge in [-0.2, -0.15) is 0 Å². The summed E-state index contributed by atoms with van der Waals surface area (Å²) in [6.07, 6.45) is 3.15. The molecule has 29 heavy (non-hydrogen) atoms. The smallest absolute Gasteiger partial charge is 0.295 e. The number of ketones is 1. The summed E-state index contributed by atoms with van der Waals surface area (Å²) in [7, 11) is 4.40. The Morgan fingerprint density at radius 2 is 1.79 bits per heavy atom. The average Bonchev–Trinajstić information content (AvgIpc) is 3.01. The number of carbonyl (C=O) groups excluding carboxylic acids is 2. The second kappa shape index (κ2) is 8.74. The summed E-state index contributed by atoms with van der Waals surface area (Å²) in [5.74, 6) is -1.25. The molecule has 1 saturated heterocycles. The predicted octanol–water partition coefficient (Wildman–Crippen LogP) is 2.17. The Hall–Kier alpha value is -3.39. The summed E-state index contributed by atoms with van der Waals surface area (Å²) in [5.41, 5.74) is 0.747. The number of nitrogens with zero attached hydrogens (tertiary/aromatic N) is 2. The summed E-state index contributed by atoms with van der Waals surface area (Å²) >= 11 is 0. The molecule has 1 N–H and O–H groups in total. The van der Waals surface area contributed by atoms with Crippen LogP contribution in [0.5, 0.6) is 11.5 Å². The van der Waals surface area contributed by atoms with Gasteiger partial charge in [0.15, 0.2) is 0 Å². The van der Waals surface area contributed by atoms with Crippen LogP contribution in [0.25, 0.3) is 5.76 Å². The van der Waals surface area contributed by atoms with Gasteiger partial charge in [-0.05, 0) is 23.8 Å². The van der Waals surface area contributed by atoms with E-state index in [0.29, 0.717) is 17.1 Å². The number of ether oxygens (including phenoxy) is 3. The van der Waals surface area contributed by atoms with Crippen molar-refractivity contribution in [3.05, 3.63) is 59.4 Å². The number of Topliss-reactive ketones (excluding diaryl/α,β-unsaturated/α-hetero) is 1. The van der Waals surface area contributed by atoms with Crippen LogP contribution in [0.4, 0.5) is 0 Å². The lowest BCUT2D eigenvalue weighted by molar-refractivity contribution is -0.140. The average molecular weight is 398 g/mol. The molecule has 0 aliphatic carbocycles. The van der Waals surface area contributed by atoms with Gasteiger partial charge in [0, 0.05) is 26.0 Å². The van der Waals surface area contributed by atoms with Gasteiger partial charge in [0.25, 0.3) is 11.7 Å². The first-order chi connectivity index (χ1) is 14.0. The van der Waals surface area contributed by atoms with E-state index in [-0.39, 0.29) is 30.0 Å². The number of rotatable bonds is 7. The van der Waals surface area contributed by atoms with Crippen molar-refractivity contribution in [2.24, 2.45) is 0 Å². The molecule has 1 fully saturated rings. The topological polar surface area (TPSA) is 98.2 Å². The quantitative estimate of drug-likeness (QED) is 0.434. The second-order valence-corrected chi connectivity index (χ2v) is 6.31. The van der Waals surface area contributed by atoms with E-state index < -0.39 is 17.7 Å². The van der Waals surface area contributed by atoms with Crippen molar-refractivity contribution in [2.75, 3.05) is 34.5 Å². The highest BCUT2D eigenvalue weighted by molar-refractivity contribution is 6.46. The molecule has 1 aliphatic heterocycles. The van der Waals surface area contributed by atoms with Crippen LogP contribution >= 0.6 is 0 Å². The molecule has 3 rings (SSSR count). The fourth-order valence-corrected chi connectivity index (χ4v) is 3.40. The standard InChI is InChI=1S/C21H22N2O6/c1-27-11-10-23-18(13-6-5-9-22-12-13)17(20(25)21(23)26)19(24)16-14(28-2)7-4-8-15(16)29-3/h4-9,12,18,24H,10-11H2,1-3H3/b19-17+. The van der Waals surface area contributed by atoms with Gasteiger partial charge in [0.1, 0.15) is 22.8 Å². The fourth-order valence-electron chi connectivity index (χ4n) is 3.40. The number of aromatic nitrogens is 1. The van der Waals surface area contributed by atoms with Crippen molar-refractivity contribution < 1.29 is 28.9 Å². The fraction of sp³-hybridized carbons (Fsp3) is 0.286.